The number of rotatable bonds is 2. The van der Waals surface area contributed by atoms with Crippen molar-refractivity contribution < 1.29 is 18.8 Å². The maximum atomic E-state index is 13.8. The van der Waals surface area contributed by atoms with Crippen molar-refractivity contribution >= 4 is 17.5 Å². The SMILES string of the molecule is Cc1cc(N2C(=O)C3=C(C(=O)C4CC(C)CCC4O3)C2c2ccc(C(C)(C)C)cc2)no1. The molecule has 6 heteroatoms. The highest BCUT2D eigenvalue weighted by atomic mass is 16.5. The van der Waals surface area contributed by atoms with Gasteiger partial charge in [-0.25, -0.2) is 0 Å². The second kappa shape index (κ2) is 7.32. The minimum absolute atomic E-state index is 0.00654. The number of ether oxygens (including phenoxy) is 1. The summed E-state index contributed by atoms with van der Waals surface area (Å²) in [5.74, 6) is 1.21. The van der Waals surface area contributed by atoms with Crippen molar-refractivity contribution in [3.05, 3.63) is 58.6 Å². The Hall–Kier alpha value is -2.89. The standard InChI is InChI=1S/C26H30N2O4/c1-14-6-11-19-18(12-14)23(29)21-22(16-7-9-17(10-8-16)26(3,4)5)28(25(30)24(21)31-19)20-13-15(2)32-27-20/h7-10,13-14,18-19,22H,6,11-12H2,1-5H3. The van der Waals surface area contributed by atoms with Crippen LogP contribution in [0.3, 0.4) is 0 Å². The van der Waals surface area contributed by atoms with Gasteiger partial charge in [0.15, 0.2) is 17.4 Å². The normalized spacial score (nSPS) is 28.0. The Morgan fingerprint density at radius 1 is 1.09 bits per heavy atom. The maximum absolute atomic E-state index is 13.8. The first-order chi connectivity index (χ1) is 15.1. The molecule has 0 N–H and O–H groups in total. The Morgan fingerprint density at radius 3 is 2.44 bits per heavy atom. The van der Waals surface area contributed by atoms with E-state index in [1.807, 2.05) is 12.1 Å². The summed E-state index contributed by atoms with van der Waals surface area (Å²) < 4.78 is 11.5. The first-order valence-electron chi connectivity index (χ1n) is 11.5. The molecule has 1 aliphatic carbocycles. The molecule has 0 bridgehead atoms. The Bertz CT molecular complexity index is 1110. The van der Waals surface area contributed by atoms with Crippen molar-refractivity contribution in [2.75, 3.05) is 4.90 Å². The molecule has 0 radical (unpaired) electrons. The lowest BCUT2D eigenvalue weighted by molar-refractivity contribution is -0.132. The van der Waals surface area contributed by atoms with Gasteiger partial charge in [0.1, 0.15) is 11.9 Å². The second-order valence-corrected chi connectivity index (χ2v) is 10.5. The van der Waals surface area contributed by atoms with Crippen LogP contribution in [0.5, 0.6) is 0 Å². The van der Waals surface area contributed by atoms with Crippen molar-refractivity contribution in [2.45, 2.75) is 71.4 Å². The molecular formula is C26H30N2O4. The van der Waals surface area contributed by atoms with Gasteiger partial charge in [0.25, 0.3) is 5.91 Å². The van der Waals surface area contributed by atoms with Crippen LogP contribution in [-0.4, -0.2) is 23.0 Å². The number of carbonyl (C=O) groups excluding carboxylic acids is 2. The molecule has 2 aliphatic heterocycles. The molecule has 0 saturated heterocycles. The van der Waals surface area contributed by atoms with Crippen molar-refractivity contribution in [2.24, 2.45) is 11.8 Å². The summed E-state index contributed by atoms with van der Waals surface area (Å²) in [6, 6.07) is 9.33. The smallest absolute Gasteiger partial charge is 0.295 e. The predicted molar refractivity (Wildman–Crippen MR) is 120 cm³/mol. The van der Waals surface area contributed by atoms with Gasteiger partial charge in [-0.05, 0) is 48.6 Å². The number of nitrogens with zero attached hydrogens (tertiary/aromatic N) is 2. The number of anilines is 1. The first-order valence-corrected chi connectivity index (χ1v) is 11.5. The van der Waals surface area contributed by atoms with Crippen molar-refractivity contribution in [1.82, 2.24) is 5.16 Å². The maximum Gasteiger partial charge on any atom is 0.295 e. The third-order valence-electron chi connectivity index (χ3n) is 7.06. The van der Waals surface area contributed by atoms with Crippen LogP contribution < -0.4 is 4.90 Å². The molecule has 4 atom stereocenters. The van der Waals surface area contributed by atoms with E-state index < -0.39 is 6.04 Å². The van der Waals surface area contributed by atoms with E-state index in [9.17, 15) is 9.59 Å². The highest BCUT2D eigenvalue weighted by Crippen LogP contribution is 2.48. The molecule has 6 nitrogen and oxygen atoms in total. The molecule has 4 unspecified atom stereocenters. The summed E-state index contributed by atoms with van der Waals surface area (Å²) in [6.45, 7) is 10.5. The van der Waals surface area contributed by atoms with Gasteiger partial charge in [0, 0.05) is 6.07 Å². The quantitative estimate of drug-likeness (QED) is 0.663. The van der Waals surface area contributed by atoms with Gasteiger partial charge >= 0.3 is 0 Å². The van der Waals surface area contributed by atoms with E-state index in [0.717, 1.165) is 24.8 Å². The predicted octanol–water partition coefficient (Wildman–Crippen LogP) is 5.03. The van der Waals surface area contributed by atoms with E-state index in [2.05, 4.69) is 45.0 Å². The molecule has 1 aromatic carbocycles. The largest absolute Gasteiger partial charge is 0.483 e. The Kier molecular flexibility index (Phi) is 4.80. The highest BCUT2D eigenvalue weighted by Gasteiger charge is 2.53. The minimum atomic E-state index is -0.568. The van der Waals surface area contributed by atoms with Crippen LogP contribution in [0.2, 0.25) is 0 Å². The summed E-state index contributed by atoms with van der Waals surface area (Å²) in [5, 5.41) is 4.10. The van der Waals surface area contributed by atoms with Crippen LogP contribution in [0.25, 0.3) is 0 Å². The second-order valence-electron chi connectivity index (χ2n) is 10.5. The molecule has 1 amide bonds. The number of carbonyl (C=O) groups is 2. The van der Waals surface area contributed by atoms with Crippen LogP contribution in [0.4, 0.5) is 5.82 Å². The summed E-state index contributed by atoms with van der Waals surface area (Å²) in [5.41, 5.74) is 2.54. The van der Waals surface area contributed by atoms with Crippen molar-refractivity contribution in [3.63, 3.8) is 0 Å². The fraction of sp³-hybridized carbons (Fsp3) is 0.500. The molecule has 1 fully saturated rings. The van der Waals surface area contributed by atoms with Crippen LogP contribution >= 0.6 is 0 Å². The lowest BCUT2D eigenvalue weighted by Crippen LogP contribution is -2.41. The van der Waals surface area contributed by atoms with Crippen molar-refractivity contribution in [3.8, 4) is 0 Å². The molecule has 1 aromatic heterocycles. The van der Waals surface area contributed by atoms with Crippen LogP contribution in [-0.2, 0) is 19.7 Å². The summed E-state index contributed by atoms with van der Waals surface area (Å²) in [6.07, 6.45) is 2.39. The zero-order valence-corrected chi connectivity index (χ0v) is 19.3. The first kappa shape index (κ1) is 21.0. The number of Topliss-reactive ketones (excluding diaryl/α,β-unsaturated/α-hetero) is 1. The van der Waals surface area contributed by atoms with Gasteiger partial charge in [0.05, 0.1) is 17.5 Å². The lowest BCUT2D eigenvalue weighted by atomic mass is 9.74. The van der Waals surface area contributed by atoms with Gasteiger partial charge in [-0.3, -0.25) is 14.5 Å². The van der Waals surface area contributed by atoms with Crippen LogP contribution in [0.1, 0.15) is 69.9 Å². The van der Waals surface area contributed by atoms with Crippen LogP contribution in [0.15, 0.2) is 46.2 Å². The molecule has 1 saturated carbocycles. The van der Waals surface area contributed by atoms with Gasteiger partial charge in [-0.15, -0.1) is 0 Å². The number of fused-ring (bicyclic) bond motifs is 1. The Morgan fingerprint density at radius 2 is 1.81 bits per heavy atom. The Labute approximate surface area is 188 Å². The number of ketones is 1. The summed E-state index contributed by atoms with van der Waals surface area (Å²) >= 11 is 0. The average Bonchev–Trinajstić information content (AvgIpc) is 3.29. The summed E-state index contributed by atoms with van der Waals surface area (Å²) in [7, 11) is 0. The molecule has 32 heavy (non-hydrogen) atoms. The molecule has 0 spiro atoms. The van der Waals surface area contributed by atoms with E-state index in [1.54, 1.807) is 17.9 Å². The fourth-order valence-corrected chi connectivity index (χ4v) is 5.26. The van der Waals surface area contributed by atoms with E-state index in [1.165, 1.54) is 5.56 Å². The average molecular weight is 435 g/mol. The topological polar surface area (TPSA) is 72.6 Å². The molecule has 2 aromatic rings. The van der Waals surface area contributed by atoms with E-state index in [0.29, 0.717) is 23.1 Å². The molecule has 3 aliphatic rings. The van der Waals surface area contributed by atoms with E-state index >= 15 is 0 Å². The number of aromatic nitrogens is 1. The third kappa shape index (κ3) is 3.28. The number of benzene rings is 1. The van der Waals surface area contributed by atoms with Crippen molar-refractivity contribution in [1.29, 1.82) is 0 Å². The lowest BCUT2D eigenvalue weighted by Gasteiger charge is -2.37. The molecule has 168 valence electrons. The molecular weight excluding hydrogens is 404 g/mol. The minimum Gasteiger partial charge on any atom is -0.483 e. The van der Waals surface area contributed by atoms with Crippen LogP contribution in [0, 0.1) is 18.8 Å². The van der Waals surface area contributed by atoms with E-state index in [4.69, 9.17) is 9.26 Å². The van der Waals surface area contributed by atoms with Gasteiger partial charge in [0.2, 0.25) is 0 Å². The van der Waals surface area contributed by atoms with Gasteiger partial charge in [-0.2, -0.15) is 0 Å². The zero-order chi connectivity index (χ0) is 22.8. The number of hydrogen-bond donors (Lipinski definition) is 0. The Balaban J connectivity index is 1.62. The molecule has 5 rings (SSSR count). The highest BCUT2D eigenvalue weighted by molar-refractivity contribution is 6.17. The molecule has 3 heterocycles. The zero-order valence-electron chi connectivity index (χ0n) is 19.3. The monoisotopic (exact) mass is 434 g/mol. The van der Waals surface area contributed by atoms with E-state index in [-0.39, 0.29) is 34.9 Å². The number of amides is 1. The summed E-state index contributed by atoms with van der Waals surface area (Å²) in [4.78, 5) is 28.9. The third-order valence-corrected chi connectivity index (χ3v) is 7.06. The van der Waals surface area contributed by atoms with Gasteiger partial charge < -0.3 is 9.26 Å². The van der Waals surface area contributed by atoms with Gasteiger partial charge in [-0.1, -0.05) is 57.1 Å². The number of hydrogen-bond acceptors (Lipinski definition) is 5. The fourth-order valence-electron chi connectivity index (χ4n) is 5.26. The number of aryl methyl sites for hydroxylation is 1.